The molecule has 1 heterocycles. The van der Waals surface area contributed by atoms with E-state index in [2.05, 4.69) is 34.7 Å². The van der Waals surface area contributed by atoms with Crippen LogP contribution in [0.15, 0.2) is 0 Å². The molecule has 0 aliphatic carbocycles. The van der Waals surface area contributed by atoms with E-state index in [0.29, 0.717) is 5.33 Å². The second-order valence-corrected chi connectivity index (χ2v) is 4.43. The van der Waals surface area contributed by atoms with Crippen LogP contribution in [0, 0.1) is 0 Å². The summed E-state index contributed by atoms with van der Waals surface area (Å²) in [6.07, 6.45) is 0.301. The number of morpholine rings is 1. The quantitative estimate of drug-likeness (QED) is 0.756. The number of nitrogens with zero attached hydrogens (tertiary/aromatic N) is 1. The summed E-state index contributed by atoms with van der Waals surface area (Å²) >= 11 is 3.26. The van der Waals surface area contributed by atoms with Crippen LogP contribution < -0.4 is 0 Å². The lowest BCUT2D eigenvalue weighted by Crippen LogP contribution is -2.48. The van der Waals surface area contributed by atoms with E-state index in [-0.39, 0.29) is 18.3 Å². The first-order valence-electron chi connectivity index (χ1n) is 4.73. The Balaban J connectivity index is 2.32. The number of halogens is 1. The largest absolute Gasteiger partial charge is 0.391 e. The minimum absolute atomic E-state index is 0.266. The molecule has 0 aromatic rings. The van der Waals surface area contributed by atoms with Crippen LogP contribution in [0.5, 0.6) is 0 Å². The van der Waals surface area contributed by atoms with Gasteiger partial charge in [0.05, 0.1) is 18.3 Å². The minimum atomic E-state index is -0.266. The third kappa shape index (κ3) is 3.94. The van der Waals surface area contributed by atoms with Crippen molar-refractivity contribution in [1.82, 2.24) is 4.90 Å². The highest BCUT2D eigenvalue weighted by atomic mass is 79.9. The van der Waals surface area contributed by atoms with Gasteiger partial charge in [-0.05, 0) is 13.8 Å². The average molecular weight is 252 g/mol. The monoisotopic (exact) mass is 251 g/mol. The summed E-state index contributed by atoms with van der Waals surface area (Å²) in [5.41, 5.74) is 0. The van der Waals surface area contributed by atoms with Crippen molar-refractivity contribution in [2.75, 3.05) is 25.0 Å². The summed E-state index contributed by atoms with van der Waals surface area (Å²) in [6, 6.07) is 0. The fraction of sp³-hybridized carbons (Fsp3) is 1.00. The molecule has 0 amide bonds. The van der Waals surface area contributed by atoms with Crippen LogP contribution in [0.4, 0.5) is 0 Å². The molecule has 1 fully saturated rings. The van der Waals surface area contributed by atoms with Gasteiger partial charge in [-0.15, -0.1) is 0 Å². The van der Waals surface area contributed by atoms with Gasteiger partial charge in [0.2, 0.25) is 0 Å². The van der Waals surface area contributed by atoms with Crippen molar-refractivity contribution in [3.05, 3.63) is 0 Å². The molecule has 1 aliphatic rings. The zero-order valence-corrected chi connectivity index (χ0v) is 9.83. The summed E-state index contributed by atoms with van der Waals surface area (Å²) in [5.74, 6) is 0. The van der Waals surface area contributed by atoms with Gasteiger partial charge in [0.25, 0.3) is 0 Å². The summed E-state index contributed by atoms with van der Waals surface area (Å²) in [4.78, 5) is 2.25. The molecule has 13 heavy (non-hydrogen) atoms. The van der Waals surface area contributed by atoms with Crippen molar-refractivity contribution in [2.45, 2.75) is 32.2 Å². The zero-order chi connectivity index (χ0) is 9.84. The third-order valence-corrected chi connectivity index (χ3v) is 2.89. The summed E-state index contributed by atoms with van der Waals surface area (Å²) in [5, 5.41) is 10.1. The Kier molecular flexibility index (Phi) is 4.66. The Morgan fingerprint density at radius 3 is 2.46 bits per heavy atom. The van der Waals surface area contributed by atoms with Crippen LogP contribution in [0.25, 0.3) is 0 Å². The molecule has 1 N–H and O–H groups in total. The second kappa shape index (κ2) is 5.29. The molecule has 3 unspecified atom stereocenters. The lowest BCUT2D eigenvalue weighted by molar-refractivity contribution is -0.0749. The van der Waals surface area contributed by atoms with Gasteiger partial charge in [-0.25, -0.2) is 0 Å². The van der Waals surface area contributed by atoms with E-state index in [0.717, 1.165) is 19.6 Å². The van der Waals surface area contributed by atoms with Crippen molar-refractivity contribution in [1.29, 1.82) is 0 Å². The number of β-amino-alcohol motifs (C(OH)–C–C–N with tert-alkyl or cyclic N) is 1. The first kappa shape index (κ1) is 11.4. The number of aliphatic hydroxyl groups is 1. The molecule has 78 valence electrons. The van der Waals surface area contributed by atoms with Gasteiger partial charge in [0.1, 0.15) is 0 Å². The van der Waals surface area contributed by atoms with E-state index in [1.54, 1.807) is 0 Å². The minimum Gasteiger partial charge on any atom is -0.391 e. The predicted octanol–water partition coefficient (Wildman–Crippen LogP) is 0.851. The maximum absolute atomic E-state index is 9.45. The average Bonchev–Trinajstić information content (AvgIpc) is 2.02. The van der Waals surface area contributed by atoms with Crippen molar-refractivity contribution >= 4 is 15.9 Å². The van der Waals surface area contributed by atoms with Crippen LogP contribution in [-0.4, -0.2) is 53.3 Å². The first-order chi connectivity index (χ1) is 6.11. The van der Waals surface area contributed by atoms with Crippen LogP contribution >= 0.6 is 15.9 Å². The molecular weight excluding hydrogens is 234 g/mol. The molecule has 1 aliphatic heterocycles. The zero-order valence-electron chi connectivity index (χ0n) is 8.24. The molecule has 1 saturated heterocycles. The van der Waals surface area contributed by atoms with Crippen molar-refractivity contribution in [3.8, 4) is 0 Å². The van der Waals surface area contributed by atoms with Crippen LogP contribution in [0.2, 0.25) is 0 Å². The first-order valence-corrected chi connectivity index (χ1v) is 5.85. The summed E-state index contributed by atoms with van der Waals surface area (Å²) in [7, 11) is 0. The fourth-order valence-electron chi connectivity index (χ4n) is 1.78. The normalized spacial score (nSPS) is 33.2. The maximum Gasteiger partial charge on any atom is 0.0763 e. The van der Waals surface area contributed by atoms with Gasteiger partial charge in [-0.3, -0.25) is 4.90 Å². The number of ether oxygens (including phenoxy) is 1. The Labute approximate surface area is 88.2 Å². The molecule has 0 aromatic heterocycles. The lowest BCUT2D eigenvalue weighted by Gasteiger charge is -2.36. The van der Waals surface area contributed by atoms with E-state index >= 15 is 0 Å². The third-order valence-electron chi connectivity index (χ3n) is 2.14. The molecular formula is C9H18BrNO2. The van der Waals surface area contributed by atoms with E-state index in [4.69, 9.17) is 4.74 Å². The predicted molar refractivity (Wildman–Crippen MR) is 56.2 cm³/mol. The smallest absolute Gasteiger partial charge is 0.0763 e. The number of alkyl halides is 1. The van der Waals surface area contributed by atoms with Gasteiger partial charge in [-0.2, -0.15) is 0 Å². The van der Waals surface area contributed by atoms with Crippen LogP contribution in [0.1, 0.15) is 13.8 Å². The Bertz CT molecular complexity index is 147. The van der Waals surface area contributed by atoms with E-state index in [1.807, 2.05) is 0 Å². The lowest BCUT2D eigenvalue weighted by atomic mass is 10.2. The highest BCUT2D eigenvalue weighted by Crippen LogP contribution is 2.11. The number of hydrogen-bond acceptors (Lipinski definition) is 3. The Hall–Kier alpha value is 0.360. The molecule has 0 radical (unpaired) electrons. The Morgan fingerprint density at radius 1 is 1.46 bits per heavy atom. The van der Waals surface area contributed by atoms with Gasteiger partial charge < -0.3 is 9.84 Å². The Morgan fingerprint density at radius 2 is 2.00 bits per heavy atom. The standard InChI is InChI=1S/C9H18BrNO2/c1-7-4-11(5-8(2)13-7)6-9(12)3-10/h7-9,12H,3-6H2,1-2H3. The van der Waals surface area contributed by atoms with Gasteiger partial charge in [0.15, 0.2) is 0 Å². The molecule has 0 saturated carbocycles. The molecule has 3 nitrogen and oxygen atoms in total. The summed E-state index contributed by atoms with van der Waals surface area (Å²) in [6.45, 7) is 6.73. The van der Waals surface area contributed by atoms with Crippen molar-refractivity contribution in [2.24, 2.45) is 0 Å². The SMILES string of the molecule is CC1CN(CC(O)CBr)CC(C)O1. The van der Waals surface area contributed by atoms with Gasteiger partial charge >= 0.3 is 0 Å². The van der Waals surface area contributed by atoms with E-state index < -0.39 is 0 Å². The number of aliphatic hydroxyl groups excluding tert-OH is 1. The topological polar surface area (TPSA) is 32.7 Å². The highest BCUT2D eigenvalue weighted by molar-refractivity contribution is 9.09. The van der Waals surface area contributed by atoms with Crippen LogP contribution in [-0.2, 0) is 4.74 Å². The van der Waals surface area contributed by atoms with Crippen molar-refractivity contribution < 1.29 is 9.84 Å². The fourth-order valence-corrected chi connectivity index (χ4v) is 1.99. The second-order valence-electron chi connectivity index (χ2n) is 3.78. The maximum atomic E-state index is 9.45. The molecule has 3 atom stereocenters. The van der Waals surface area contributed by atoms with Gasteiger partial charge in [0, 0.05) is 25.0 Å². The van der Waals surface area contributed by atoms with E-state index in [9.17, 15) is 5.11 Å². The number of rotatable bonds is 3. The molecule has 4 heteroatoms. The highest BCUT2D eigenvalue weighted by Gasteiger charge is 2.23. The molecule has 0 bridgehead atoms. The summed E-state index contributed by atoms with van der Waals surface area (Å²) < 4.78 is 5.60. The van der Waals surface area contributed by atoms with E-state index in [1.165, 1.54) is 0 Å². The van der Waals surface area contributed by atoms with Crippen molar-refractivity contribution in [3.63, 3.8) is 0 Å². The molecule has 0 spiro atoms. The molecule has 1 rings (SSSR count). The molecule has 0 aromatic carbocycles. The number of hydrogen-bond donors (Lipinski definition) is 1. The van der Waals surface area contributed by atoms with Crippen LogP contribution in [0.3, 0.4) is 0 Å². The van der Waals surface area contributed by atoms with Gasteiger partial charge in [-0.1, -0.05) is 15.9 Å².